The average molecular weight is 1170 g/mol. The van der Waals surface area contributed by atoms with Gasteiger partial charge in [0.2, 0.25) is 5.91 Å². The van der Waals surface area contributed by atoms with Crippen LogP contribution in [-0.4, -0.2) is 47.4 Å². The molecular formula is C77H147NO5. The zero-order valence-corrected chi connectivity index (χ0v) is 56.2. The number of hydrogen-bond acceptors (Lipinski definition) is 5. The van der Waals surface area contributed by atoms with Crippen molar-refractivity contribution in [2.75, 3.05) is 13.2 Å². The van der Waals surface area contributed by atoms with Crippen molar-refractivity contribution in [2.45, 2.75) is 431 Å². The third-order valence-corrected chi connectivity index (χ3v) is 17.7. The van der Waals surface area contributed by atoms with Gasteiger partial charge in [-0.3, -0.25) is 9.59 Å². The molecule has 0 heterocycles. The van der Waals surface area contributed by atoms with Gasteiger partial charge in [0.1, 0.15) is 0 Å². The summed E-state index contributed by atoms with van der Waals surface area (Å²) in [5.74, 6) is -0.0233. The van der Waals surface area contributed by atoms with Gasteiger partial charge in [-0.15, -0.1) is 0 Å². The topological polar surface area (TPSA) is 95.9 Å². The number of aliphatic hydroxyl groups excluding tert-OH is 2. The third kappa shape index (κ3) is 69.1. The number of hydrogen-bond donors (Lipinski definition) is 3. The minimum atomic E-state index is -0.664. The smallest absolute Gasteiger partial charge is 0.305 e. The van der Waals surface area contributed by atoms with Crippen LogP contribution in [-0.2, 0) is 14.3 Å². The Bertz CT molecular complexity index is 1340. The van der Waals surface area contributed by atoms with Crippen LogP contribution in [0.3, 0.4) is 0 Å². The highest BCUT2D eigenvalue weighted by Crippen LogP contribution is 2.19. The summed E-state index contributed by atoms with van der Waals surface area (Å²) in [6, 6.07) is -0.541. The number of carbonyl (C=O) groups is 2. The van der Waals surface area contributed by atoms with Crippen LogP contribution in [0.25, 0.3) is 0 Å². The van der Waals surface area contributed by atoms with E-state index in [2.05, 4.69) is 55.6 Å². The summed E-state index contributed by atoms with van der Waals surface area (Å²) in [6.45, 7) is 4.97. The zero-order valence-electron chi connectivity index (χ0n) is 56.2. The molecule has 0 aromatic carbocycles. The van der Waals surface area contributed by atoms with Crippen molar-refractivity contribution in [2.24, 2.45) is 0 Å². The molecule has 6 heteroatoms. The Morgan fingerprint density at radius 3 is 0.940 bits per heavy atom. The normalized spacial score (nSPS) is 12.7. The van der Waals surface area contributed by atoms with Crippen LogP contribution in [0.15, 0.2) is 36.5 Å². The molecular weight excluding hydrogens is 1020 g/mol. The predicted octanol–water partition coefficient (Wildman–Crippen LogP) is 24.7. The van der Waals surface area contributed by atoms with Gasteiger partial charge in [-0.25, -0.2) is 0 Å². The van der Waals surface area contributed by atoms with Gasteiger partial charge >= 0.3 is 5.97 Å². The minimum Gasteiger partial charge on any atom is -0.466 e. The Balaban J connectivity index is 3.38. The van der Waals surface area contributed by atoms with Gasteiger partial charge in [0, 0.05) is 12.8 Å². The van der Waals surface area contributed by atoms with Gasteiger partial charge in [-0.1, -0.05) is 359 Å². The Morgan fingerprint density at radius 1 is 0.337 bits per heavy atom. The van der Waals surface area contributed by atoms with Crippen LogP contribution < -0.4 is 5.32 Å². The first-order valence-electron chi connectivity index (χ1n) is 37.7. The first-order chi connectivity index (χ1) is 41.0. The number of amides is 1. The van der Waals surface area contributed by atoms with Gasteiger partial charge in [0.15, 0.2) is 0 Å². The molecule has 1 amide bonds. The summed E-state index contributed by atoms with van der Waals surface area (Å²) < 4.78 is 5.48. The van der Waals surface area contributed by atoms with Crippen LogP contribution in [0, 0.1) is 0 Å². The minimum absolute atomic E-state index is 0.00540. The first-order valence-corrected chi connectivity index (χ1v) is 37.7. The molecule has 2 unspecified atom stereocenters. The lowest BCUT2D eigenvalue weighted by Crippen LogP contribution is -2.45. The second-order valence-electron chi connectivity index (χ2n) is 26.0. The number of rotatable bonds is 71. The molecule has 0 aliphatic carbocycles. The van der Waals surface area contributed by atoms with E-state index in [0.29, 0.717) is 25.9 Å². The van der Waals surface area contributed by atoms with E-state index in [-0.39, 0.29) is 18.5 Å². The lowest BCUT2D eigenvalue weighted by Gasteiger charge is -2.22. The van der Waals surface area contributed by atoms with Crippen molar-refractivity contribution >= 4 is 11.9 Å². The maximum Gasteiger partial charge on any atom is 0.305 e. The van der Waals surface area contributed by atoms with E-state index in [1.165, 1.54) is 334 Å². The number of carbonyl (C=O) groups excluding carboxylic acids is 2. The van der Waals surface area contributed by atoms with Crippen molar-refractivity contribution in [1.29, 1.82) is 0 Å². The van der Waals surface area contributed by atoms with Gasteiger partial charge in [0.25, 0.3) is 0 Å². The van der Waals surface area contributed by atoms with Crippen molar-refractivity contribution in [3.63, 3.8) is 0 Å². The number of unbranched alkanes of at least 4 members (excludes halogenated alkanes) is 54. The molecule has 0 aliphatic heterocycles. The number of aliphatic hydroxyl groups is 2. The molecule has 0 aromatic heterocycles. The summed E-state index contributed by atoms with van der Waals surface area (Å²) >= 11 is 0. The molecule has 6 nitrogen and oxygen atoms in total. The maximum atomic E-state index is 12.6. The molecule has 3 N–H and O–H groups in total. The molecule has 0 fully saturated rings. The van der Waals surface area contributed by atoms with Gasteiger partial charge in [0.05, 0.1) is 25.4 Å². The van der Waals surface area contributed by atoms with Crippen LogP contribution in [0.2, 0.25) is 0 Å². The van der Waals surface area contributed by atoms with Crippen molar-refractivity contribution in [3.05, 3.63) is 36.5 Å². The summed E-state index contributed by atoms with van der Waals surface area (Å²) in [6.07, 6.45) is 93.6. The lowest BCUT2D eigenvalue weighted by molar-refractivity contribution is -0.143. The van der Waals surface area contributed by atoms with E-state index in [9.17, 15) is 19.8 Å². The molecule has 83 heavy (non-hydrogen) atoms. The van der Waals surface area contributed by atoms with Crippen molar-refractivity contribution < 1.29 is 24.5 Å². The summed E-state index contributed by atoms with van der Waals surface area (Å²) in [4.78, 5) is 24.6. The summed E-state index contributed by atoms with van der Waals surface area (Å²) in [5.41, 5.74) is 0. The van der Waals surface area contributed by atoms with Gasteiger partial charge < -0.3 is 20.3 Å². The molecule has 0 spiro atoms. The van der Waals surface area contributed by atoms with E-state index in [1.54, 1.807) is 0 Å². The fourth-order valence-electron chi connectivity index (χ4n) is 11.9. The second kappa shape index (κ2) is 72.6. The zero-order chi connectivity index (χ0) is 59.9. The Kier molecular flexibility index (Phi) is 70.9. The quantitative estimate of drug-likeness (QED) is 0.0320. The monoisotopic (exact) mass is 1170 g/mol. The predicted molar refractivity (Wildman–Crippen MR) is 366 cm³/mol. The molecule has 0 radical (unpaired) electrons. The molecule has 2 atom stereocenters. The van der Waals surface area contributed by atoms with E-state index in [4.69, 9.17) is 4.74 Å². The molecule has 0 saturated carbocycles. The Labute approximate surface area is 519 Å². The van der Waals surface area contributed by atoms with E-state index >= 15 is 0 Å². The lowest BCUT2D eigenvalue weighted by atomic mass is 10.0. The fraction of sp³-hybridized carbons (Fsp3) is 0.896. The molecule has 0 aromatic rings. The number of ether oxygens (including phenoxy) is 1. The SMILES string of the molecule is CCCCCC/C=C\CCCCCCCC(=O)OCCCCCCCCCCC/C=C\C/C=C\CCCCCCCCCCCCCCCCCCCC(=O)NC(CO)C(O)CCCCCCCCCCCCCCCCCCCCCC. The fourth-order valence-corrected chi connectivity index (χ4v) is 11.9. The van der Waals surface area contributed by atoms with E-state index < -0.39 is 12.1 Å². The van der Waals surface area contributed by atoms with Crippen LogP contribution in [0.1, 0.15) is 418 Å². The highest BCUT2D eigenvalue weighted by Gasteiger charge is 2.20. The van der Waals surface area contributed by atoms with Crippen LogP contribution in [0.5, 0.6) is 0 Å². The Hall–Kier alpha value is -1.92. The van der Waals surface area contributed by atoms with E-state index in [1.807, 2.05) is 0 Å². The second-order valence-corrected chi connectivity index (χ2v) is 26.0. The molecule has 490 valence electrons. The third-order valence-electron chi connectivity index (χ3n) is 17.7. The average Bonchev–Trinajstić information content (AvgIpc) is 3.49. The van der Waals surface area contributed by atoms with E-state index in [0.717, 1.165) is 51.4 Å². The van der Waals surface area contributed by atoms with Crippen molar-refractivity contribution in [3.8, 4) is 0 Å². The molecule has 0 rings (SSSR count). The highest BCUT2D eigenvalue weighted by atomic mass is 16.5. The van der Waals surface area contributed by atoms with Gasteiger partial charge in [-0.2, -0.15) is 0 Å². The van der Waals surface area contributed by atoms with Crippen LogP contribution >= 0.6 is 0 Å². The molecule has 0 aliphatic rings. The standard InChI is InChI=1S/C77H147NO5/c1-3-5-7-9-11-13-15-17-18-19-20-36-39-42-46-49-53-57-61-65-69-75(80)74(73-79)78-76(81)70-66-62-58-54-50-47-43-40-37-34-32-30-28-26-24-22-21-23-25-27-29-31-33-35-38-41-44-48-52-56-60-64-68-72-83-77(82)71-67-63-59-55-51-45-16-14-12-10-8-6-4-2/h14,16,25,27,31,33,74-75,79-80H,3-13,15,17-24,26,28-30,32,34-73H2,1-2H3,(H,78,81)/b16-14-,27-25-,33-31-. The summed E-state index contributed by atoms with van der Waals surface area (Å²) in [7, 11) is 0. The molecule has 0 saturated heterocycles. The number of allylic oxidation sites excluding steroid dienone is 6. The van der Waals surface area contributed by atoms with Crippen molar-refractivity contribution in [1.82, 2.24) is 5.32 Å². The summed E-state index contributed by atoms with van der Waals surface area (Å²) in [5, 5.41) is 23.4. The highest BCUT2D eigenvalue weighted by molar-refractivity contribution is 5.76. The maximum absolute atomic E-state index is 12.6. The van der Waals surface area contributed by atoms with Gasteiger partial charge in [-0.05, 0) is 83.5 Å². The Morgan fingerprint density at radius 2 is 0.602 bits per heavy atom. The number of nitrogens with one attached hydrogen (secondary N) is 1. The van der Waals surface area contributed by atoms with Crippen LogP contribution in [0.4, 0.5) is 0 Å². The first kappa shape index (κ1) is 81.1. The largest absolute Gasteiger partial charge is 0.466 e. The number of esters is 1. The molecule has 0 bridgehead atoms.